The first kappa shape index (κ1) is 11.0. The molecular weight excluding hydrogens is 216 g/mol. The molecule has 0 heteroatoms. The Balaban J connectivity index is 2.32. The third-order valence-electron chi connectivity index (χ3n) is 3.37. The van der Waals surface area contributed by atoms with E-state index in [0.29, 0.717) is 0 Å². The fourth-order valence-electron chi connectivity index (χ4n) is 2.46. The summed E-state index contributed by atoms with van der Waals surface area (Å²) in [5, 5.41) is 2.59. The summed E-state index contributed by atoms with van der Waals surface area (Å²) in [4.78, 5) is 0. The second-order valence-electron chi connectivity index (χ2n) is 4.43. The Hall–Kier alpha value is -2.08. The van der Waals surface area contributed by atoms with Crippen molar-refractivity contribution in [1.82, 2.24) is 0 Å². The van der Waals surface area contributed by atoms with Gasteiger partial charge in [-0.2, -0.15) is 0 Å². The van der Waals surface area contributed by atoms with Crippen LogP contribution in [0, 0.1) is 6.92 Å². The van der Waals surface area contributed by atoms with Crippen molar-refractivity contribution >= 4 is 10.8 Å². The fourth-order valence-corrected chi connectivity index (χ4v) is 2.46. The van der Waals surface area contributed by atoms with Crippen LogP contribution < -0.4 is 0 Å². The van der Waals surface area contributed by atoms with E-state index >= 15 is 0 Å². The van der Waals surface area contributed by atoms with Gasteiger partial charge in [0.15, 0.2) is 0 Å². The maximum atomic E-state index is 4.02. The molecule has 0 nitrogen and oxygen atoms in total. The van der Waals surface area contributed by atoms with Gasteiger partial charge in [0.25, 0.3) is 0 Å². The van der Waals surface area contributed by atoms with E-state index in [1.807, 2.05) is 0 Å². The standard InChI is InChI=1S/C18H15/c1-2-14-8-3-5-11-16(14)18-13-7-10-15-9-4-6-12-17(15)18/h3-13H,1-2H2. The predicted molar refractivity (Wildman–Crippen MR) is 78.4 cm³/mol. The normalized spacial score (nSPS) is 10.7. The lowest BCUT2D eigenvalue weighted by molar-refractivity contribution is 1.27. The Bertz CT molecular complexity index is 675. The lowest BCUT2D eigenvalue weighted by atomic mass is 9.94. The van der Waals surface area contributed by atoms with Gasteiger partial charge in [0, 0.05) is 0 Å². The fraction of sp³-hybridized carbons (Fsp3) is 0.0556. The van der Waals surface area contributed by atoms with Crippen LogP contribution in [0.2, 0.25) is 0 Å². The molecule has 0 spiro atoms. The quantitative estimate of drug-likeness (QED) is 0.589. The molecule has 0 heterocycles. The molecule has 0 fully saturated rings. The highest BCUT2D eigenvalue weighted by atomic mass is 14.1. The largest absolute Gasteiger partial charge is 0.0620 e. The molecule has 0 aliphatic carbocycles. The van der Waals surface area contributed by atoms with Gasteiger partial charge in [0.1, 0.15) is 0 Å². The Kier molecular flexibility index (Phi) is 2.85. The zero-order chi connectivity index (χ0) is 12.4. The van der Waals surface area contributed by atoms with Gasteiger partial charge in [-0.25, -0.2) is 0 Å². The molecule has 0 amide bonds. The summed E-state index contributed by atoms with van der Waals surface area (Å²) in [6, 6.07) is 23.5. The van der Waals surface area contributed by atoms with Crippen LogP contribution in [0.3, 0.4) is 0 Å². The van der Waals surface area contributed by atoms with E-state index in [4.69, 9.17) is 0 Å². The van der Waals surface area contributed by atoms with E-state index in [-0.39, 0.29) is 0 Å². The minimum Gasteiger partial charge on any atom is -0.0620 e. The monoisotopic (exact) mass is 231 g/mol. The summed E-state index contributed by atoms with van der Waals surface area (Å²) < 4.78 is 0. The van der Waals surface area contributed by atoms with E-state index < -0.39 is 0 Å². The molecule has 0 aromatic heterocycles. The highest BCUT2D eigenvalue weighted by molar-refractivity contribution is 5.97. The van der Waals surface area contributed by atoms with E-state index in [0.717, 1.165) is 6.42 Å². The number of fused-ring (bicyclic) bond motifs is 1. The summed E-state index contributed by atoms with van der Waals surface area (Å²) in [6.45, 7) is 4.02. The van der Waals surface area contributed by atoms with E-state index in [2.05, 4.69) is 73.7 Å². The van der Waals surface area contributed by atoms with E-state index in [1.54, 1.807) is 0 Å². The summed E-state index contributed by atoms with van der Waals surface area (Å²) in [6.07, 6.45) is 0.819. The lowest BCUT2D eigenvalue weighted by Gasteiger charge is -2.10. The van der Waals surface area contributed by atoms with E-state index in [9.17, 15) is 0 Å². The van der Waals surface area contributed by atoms with Gasteiger partial charge in [-0.05, 0) is 40.8 Å². The van der Waals surface area contributed by atoms with Crippen molar-refractivity contribution < 1.29 is 0 Å². The van der Waals surface area contributed by atoms with Gasteiger partial charge < -0.3 is 0 Å². The first-order chi connectivity index (χ1) is 8.90. The maximum Gasteiger partial charge on any atom is -0.0103 e. The average molecular weight is 231 g/mol. The van der Waals surface area contributed by atoms with Crippen LogP contribution >= 0.6 is 0 Å². The molecule has 0 atom stereocenters. The molecule has 0 N–H and O–H groups in total. The van der Waals surface area contributed by atoms with Crippen LogP contribution in [0.5, 0.6) is 0 Å². The molecule has 1 radical (unpaired) electrons. The maximum absolute atomic E-state index is 4.02. The van der Waals surface area contributed by atoms with Crippen LogP contribution in [-0.4, -0.2) is 0 Å². The third-order valence-corrected chi connectivity index (χ3v) is 3.37. The molecule has 0 saturated heterocycles. The van der Waals surface area contributed by atoms with Crippen molar-refractivity contribution in [3.63, 3.8) is 0 Å². The minimum absolute atomic E-state index is 0.819. The van der Waals surface area contributed by atoms with Crippen molar-refractivity contribution in [1.29, 1.82) is 0 Å². The number of benzene rings is 3. The van der Waals surface area contributed by atoms with Crippen LogP contribution in [0.25, 0.3) is 21.9 Å². The van der Waals surface area contributed by atoms with E-state index in [1.165, 1.54) is 27.5 Å². The summed E-state index contributed by atoms with van der Waals surface area (Å²) >= 11 is 0. The van der Waals surface area contributed by atoms with Crippen LogP contribution in [0.4, 0.5) is 0 Å². The molecular formula is C18H15. The second-order valence-corrected chi connectivity index (χ2v) is 4.43. The topological polar surface area (TPSA) is 0 Å². The third kappa shape index (κ3) is 1.80. The SMILES string of the molecule is [CH2]Cc1ccccc1-c1cccc2ccccc12. The number of hydrogen-bond donors (Lipinski definition) is 0. The molecule has 3 aromatic carbocycles. The first-order valence-electron chi connectivity index (χ1n) is 6.25. The molecule has 87 valence electrons. The zero-order valence-electron chi connectivity index (χ0n) is 10.3. The van der Waals surface area contributed by atoms with Crippen LogP contribution in [-0.2, 0) is 6.42 Å². The molecule has 3 aromatic rings. The van der Waals surface area contributed by atoms with Crippen molar-refractivity contribution in [2.24, 2.45) is 0 Å². The van der Waals surface area contributed by atoms with Gasteiger partial charge in [0.05, 0.1) is 0 Å². The molecule has 0 bridgehead atoms. The summed E-state index contributed by atoms with van der Waals surface area (Å²) in [7, 11) is 0. The Labute approximate surface area is 108 Å². The predicted octanol–water partition coefficient (Wildman–Crippen LogP) is 4.88. The Morgan fingerprint density at radius 2 is 1.33 bits per heavy atom. The lowest BCUT2D eigenvalue weighted by Crippen LogP contribution is -1.88. The van der Waals surface area contributed by atoms with Crippen molar-refractivity contribution in [3.05, 3.63) is 79.2 Å². The smallest absolute Gasteiger partial charge is 0.0103 e. The highest BCUT2D eigenvalue weighted by Gasteiger charge is 2.06. The van der Waals surface area contributed by atoms with Gasteiger partial charge in [0.2, 0.25) is 0 Å². The molecule has 0 aliphatic rings. The second kappa shape index (κ2) is 4.66. The van der Waals surface area contributed by atoms with Gasteiger partial charge in [-0.1, -0.05) is 66.7 Å². The molecule has 18 heavy (non-hydrogen) atoms. The summed E-state index contributed by atoms with van der Waals surface area (Å²) in [5.41, 5.74) is 3.89. The summed E-state index contributed by atoms with van der Waals surface area (Å²) in [5.74, 6) is 0. The van der Waals surface area contributed by atoms with Crippen molar-refractivity contribution in [2.45, 2.75) is 6.42 Å². The van der Waals surface area contributed by atoms with Crippen molar-refractivity contribution in [3.8, 4) is 11.1 Å². The molecule has 3 rings (SSSR count). The first-order valence-corrected chi connectivity index (χ1v) is 6.25. The molecule has 0 saturated carbocycles. The number of hydrogen-bond acceptors (Lipinski definition) is 0. The van der Waals surface area contributed by atoms with Crippen LogP contribution in [0.15, 0.2) is 66.7 Å². The highest BCUT2D eigenvalue weighted by Crippen LogP contribution is 2.30. The number of rotatable bonds is 2. The van der Waals surface area contributed by atoms with Gasteiger partial charge >= 0.3 is 0 Å². The van der Waals surface area contributed by atoms with Crippen LogP contribution in [0.1, 0.15) is 5.56 Å². The Morgan fingerprint density at radius 1 is 0.667 bits per heavy atom. The minimum atomic E-state index is 0.819. The van der Waals surface area contributed by atoms with Crippen molar-refractivity contribution in [2.75, 3.05) is 0 Å². The van der Waals surface area contributed by atoms with Gasteiger partial charge in [-0.3, -0.25) is 0 Å². The average Bonchev–Trinajstić information content (AvgIpc) is 2.46. The zero-order valence-corrected chi connectivity index (χ0v) is 10.3. The van der Waals surface area contributed by atoms with Gasteiger partial charge in [-0.15, -0.1) is 0 Å². The Morgan fingerprint density at radius 3 is 2.22 bits per heavy atom. The molecule has 0 aliphatic heterocycles. The molecule has 0 unspecified atom stereocenters.